The Morgan fingerprint density at radius 3 is 2.96 bits per heavy atom. The lowest BCUT2D eigenvalue weighted by atomic mass is 10.1. The van der Waals surface area contributed by atoms with Gasteiger partial charge in [-0.05, 0) is 43.9 Å². The summed E-state index contributed by atoms with van der Waals surface area (Å²) in [5, 5.41) is 16.0. The Labute approximate surface area is 176 Å². The van der Waals surface area contributed by atoms with Crippen molar-refractivity contribution in [2.24, 2.45) is 4.99 Å². The van der Waals surface area contributed by atoms with E-state index < -0.39 is 0 Å². The van der Waals surface area contributed by atoms with Crippen LogP contribution in [0.25, 0.3) is 0 Å². The molecule has 6 nitrogen and oxygen atoms in total. The molecule has 0 fully saturated rings. The molecule has 0 aliphatic carbocycles. The minimum absolute atomic E-state index is 0. The van der Waals surface area contributed by atoms with E-state index in [0.717, 1.165) is 55.1 Å². The second kappa shape index (κ2) is 10.7. The van der Waals surface area contributed by atoms with Gasteiger partial charge in [0.2, 0.25) is 0 Å². The Morgan fingerprint density at radius 2 is 2.15 bits per heavy atom. The number of halogens is 2. The highest BCUT2D eigenvalue weighted by Crippen LogP contribution is 2.14. The van der Waals surface area contributed by atoms with E-state index in [1.165, 1.54) is 18.4 Å². The number of aromatic nitrogens is 3. The van der Waals surface area contributed by atoms with E-state index in [1.807, 2.05) is 18.2 Å². The summed E-state index contributed by atoms with van der Waals surface area (Å²) < 4.78 is 2.21. The van der Waals surface area contributed by atoms with Gasteiger partial charge in [-0.15, -0.1) is 34.2 Å². The van der Waals surface area contributed by atoms with Gasteiger partial charge in [0.1, 0.15) is 12.4 Å². The first-order valence-electron chi connectivity index (χ1n) is 8.94. The van der Waals surface area contributed by atoms with Crippen LogP contribution in [-0.2, 0) is 25.9 Å². The number of nitrogens with zero attached hydrogens (tertiary/aromatic N) is 4. The maximum atomic E-state index is 6.03. The number of hydrogen-bond donors (Lipinski definition) is 2. The molecule has 3 rings (SSSR count). The molecule has 0 unspecified atom stereocenters. The van der Waals surface area contributed by atoms with Crippen LogP contribution in [0.4, 0.5) is 0 Å². The summed E-state index contributed by atoms with van der Waals surface area (Å²) >= 11 is 6.03. The maximum Gasteiger partial charge on any atom is 0.191 e. The van der Waals surface area contributed by atoms with Gasteiger partial charge < -0.3 is 15.2 Å². The van der Waals surface area contributed by atoms with Crippen LogP contribution in [-0.4, -0.2) is 33.8 Å². The molecule has 1 aliphatic rings. The zero-order chi connectivity index (χ0) is 17.5. The lowest BCUT2D eigenvalue weighted by molar-refractivity contribution is 0.508. The largest absolute Gasteiger partial charge is 0.357 e. The van der Waals surface area contributed by atoms with Crippen LogP contribution in [0.5, 0.6) is 0 Å². The predicted molar refractivity (Wildman–Crippen MR) is 116 cm³/mol. The molecule has 26 heavy (non-hydrogen) atoms. The van der Waals surface area contributed by atoms with Crippen LogP contribution in [0, 0.1) is 0 Å². The van der Waals surface area contributed by atoms with Gasteiger partial charge in [0.05, 0.1) is 0 Å². The lowest BCUT2D eigenvalue weighted by Gasteiger charge is -2.14. The second-order valence-electron chi connectivity index (χ2n) is 6.14. The van der Waals surface area contributed by atoms with Gasteiger partial charge in [-0.2, -0.15) is 0 Å². The highest BCUT2D eigenvalue weighted by molar-refractivity contribution is 14.0. The van der Waals surface area contributed by atoms with Crippen LogP contribution >= 0.6 is 35.6 Å². The number of benzene rings is 1. The van der Waals surface area contributed by atoms with Crippen molar-refractivity contribution in [1.82, 2.24) is 25.4 Å². The molecule has 0 radical (unpaired) electrons. The molecule has 0 spiro atoms. The van der Waals surface area contributed by atoms with Gasteiger partial charge in [0, 0.05) is 31.1 Å². The predicted octanol–water partition coefficient (Wildman–Crippen LogP) is 3.18. The summed E-state index contributed by atoms with van der Waals surface area (Å²) in [5.41, 5.74) is 1.21. The first-order chi connectivity index (χ1) is 12.3. The fourth-order valence-electron chi connectivity index (χ4n) is 2.99. The molecule has 0 bridgehead atoms. The molecular formula is C18H26ClIN6. The van der Waals surface area contributed by atoms with Crippen LogP contribution in [0.2, 0.25) is 5.02 Å². The Balaban J connectivity index is 0.00000243. The Kier molecular flexibility index (Phi) is 8.64. The maximum absolute atomic E-state index is 6.03. The number of aryl methyl sites for hydroxylation is 1. The highest BCUT2D eigenvalue weighted by atomic mass is 127. The molecule has 2 N–H and O–H groups in total. The molecule has 142 valence electrons. The van der Waals surface area contributed by atoms with E-state index in [1.54, 1.807) is 0 Å². The lowest BCUT2D eigenvalue weighted by Crippen LogP contribution is -2.38. The van der Waals surface area contributed by atoms with Crippen molar-refractivity contribution in [3.8, 4) is 0 Å². The molecule has 1 aromatic carbocycles. The van der Waals surface area contributed by atoms with Crippen molar-refractivity contribution >= 4 is 41.5 Å². The van der Waals surface area contributed by atoms with E-state index >= 15 is 0 Å². The summed E-state index contributed by atoms with van der Waals surface area (Å²) in [4.78, 5) is 4.66. The van der Waals surface area contributed by atoms with Crippen molar-refractivity contribution in [2.75, 3.05) is 13.1 Å². The van der Waals surface area contributed by atoms with Crippen LogP contribution in [0.3, 0.4) is 0 Å². The average molecular weight is 489 g/mol. The Bertz CT molecular complexity index is 730. The molecular weight excluding hydrogens is 463 g/mol. The van der Waals surface area contributed by atoms with Crippen molar-refractivity contribution in [3.63, 3.8) is 0 Å². The molecule has 2 aromatic rings. The monoisotopic (exact) mass is 488 g/mol. The number of guanidine groups is 1. The summed E-state index contributed by atoms with van der Waals surface area (Å²) in [6.07, 6.45) is 4.31. The SMILES string of the molecule is CCNC(=NCc1nnc2n1CCCC2)NCCc1cccc(Cl)c1.I. The van der Waals surface area contributed by atoms with Crippen molar-refractivity contribution in [3.05, 3.63) is 46.5 Å². The summed E-state index contributed by atoms with van der Waals surface area (Å²) in [6, 6.07) is 7.95. The third kappa shape index (κ3) is 5.84. The third-order valence-electron chi connectivity index (χ3n) is 4.25. The molecule has 0 saturated carbocycles. The summed E-state index contributed by atoms with van der Waals surface area (Å²) in [5.74, 6) is 2.84. The molecule has 0 saturated heterocycles. The van der Waals surface area contributed by atoms with Crippen LogP contribution in [0.15, 0.2) is 29.3 Å². The summed E-state index contributed by atoms with van der Waals surface area (Å²) in [7, 11) is 0. The third-order valence-corrected chi connectivity index (χ3v) is 4.49. The minimum Gasteiger partial charge on any atom is -0.357 e. The smallest absolute Gasteiger partial charge is 0.191 e. The van der Waals surface area contributed by atoms with Gasteiger partial charge in [0.25, 0.3) is 0 Å². The fraction of sp³-hybridized carbons (Fsp3) is 0.500. The zero-order valence-electron chi connectivity index (χ0n) is 15.0. The minimum atomic E-state index is 0. The van der Waals surface area contributed by atoms with Gasteiger partial charge in [0.15, 0.2) is 11.8 Å². The number of aliphatic imine (C=N–C) groups is 1. The van der Waals surface area contributed by atoms with Crippen molar-refractivity contribution in [2.45, 2.75) is 45.7 Å². The number of rotatable bonds is 6. The quantitative estimate of drug-likeness (QED) is 0.372. The standard InChI is InChI=1S/C18H25ClN6.HI/c1-2-20-18(21-10-9-14-6-5-7-15(19)12-14)22-13-17-24-23-16-8-3-4-11-25(16)17;/h5-7,12H,2-4,8-11,13H2,1H3,(H2,20,21,22);1H. The Morgan fingerprint density at radius 1 is 1.27 bits per heavy atom. The first kappa shape index (κ1) is 21.0. The molecule has 2 heterocycles. The molecule has 0 atom stereocenters. The van der Waals surface area contributed by atoms with Crippen LogP contribution < -0.4 is 10.6 Å². The van der Waals surface area contributed by atoms with Gasteiger partial charge in [-0.25, -0.2) is 4.99 Å². The average Bonchev–Trinajstić information content (AvgIpc) is 3.03. The normalized spacial score (nSPS) is 13.7. The molecule has 1 aliphatic heterocycles. The van der Waals surface area contributed by atoms with Crippen molar-refractivity contribution < 1.29 is 0 Å². The Hall–Kier alpha value is -1.35. The topological polar surface area (TPSA) is 67.1 Å². The second-order valence-corrected chi connectivity index (χ2v) is 6.58. The zero-order valence-corrected chi connectivity index (χ0v) is 18.1. The van der Waals surface area contributed by atoms with Crippen molar-refractivity contribution in [1.29, 1.82) is 0 Å². The van der Waals surface area contributed by atoms with Gasteiger partial charge in [-0.1, -0.05) is 23.7 Å². The van der Waals surface area contributed by atoms with Crippen LogP contribution in [0.1, 0.15) is 37.0 Å². The van der Waals surface area contributed by atoms with E-state index in [2.05, 4.69) is 43.4 Å². The molecule has 0 amide bonds. The molecule has 8 heteroatoms. The fourth-order valence-corrected chi connectivity index (χ4v) is 3.21. The first-order valence-corrected chi connectivity index (χ1v) is 9.31. The van der Waals surface area contributed by atoms with Gasteiger partial charge in [-0.3, -0.25) is 0 Å². The van der Waals surface area contributed by atoms with E-state index in [-0.39, 0.29) is 24.0 Å². The van der Waals surface area contributed by atoms with Gasteiger partial charge >= 0.3 is 0 Å². The number of nitrogens with one attached hydrogen (secondary N) is 2. The van der Waals surface area contributed by atoms with E-state index in [0.29, 0.717) is 6.54 Å². The molecule has 1 aromatic heterocycles. The highest BCUT2D eigenvalue weighted by Gasteiger charge is 2.15. The van der Waals surface area contributed by atoms with E-state index in [4.69, 9.17) is 11.6 Å². The summed E-state index contributed by atoms with van der Waals surface area (Å²) in [6.45, 7) is 5.23. The number of fused-ring (bicyclic) bond motifs is 1. The number of hydrogen-bond acceptors (Lipinski definition) is 3. The van der Waals surface area contributed by atoms with E-state index in [9.17, 15) is 0 Å².